The summed E-state index contributed by atoms with van der Waals surface area (Å²) in [5.74, 6) is -4.10. The molecule has 27 heavy (non-hydrogen) atoms. The standard InChI is InChI=1S/C20H25F5O2/c1-2-12-3-5-13(6-4-12)14-7-8-18(26-11-14)20(24,25)27-15-9-16(21)19(23)17(22)10-15/h9-10,12-14,18H,2-8,11H2,1H3. The molecule has 2 unspecified atom stereocenters. The molecule has 1 aliphatic heterocycles. The lowest BCUT2D eigenvalue weighted by molar-refractivity contribution is -0.266. The highest BCUT2D eigenvalue weighted by atomic mass is 19.3. The van der Waals surface area contributed by atoms with Crippen molar-refractivity contribution in [1.82, 2.24) is 0 Å². The molecule has 1 aromatic rings. The molecule has 1 saturated heterocycles. The summed E-state index contributed by atoms with van der Waals surface area (Å²) in [5.41, 5.74) is 0. The number of hydrogen-bond donors (Lipinski definition) is 0. The van der Waals surface area contributed by atoms with Gasteiger partial charge >= 0.3 is 6.11 Å². The molecule has 2 aliphatic rings. The molecule has 3 rings (SSSR count). The van der Waals surface area contributed by atoms with Gasteiger partial charge in [0.25, 0.3) is 0 Å². The molecule has 2 nitrogen and oxygen atoms in total. The van der Waals surface area contributed by atoms with E-state index in [0.717, 1.165) is 18.8 Å². The first-order valence-electron chi connectivity index (χ1n) is 9.63. The second-order valence-electron chi connectivity index (χ2n) is 7.71. The van der Waals surface area contributed by atoms with Crippen LogP contribution in [0.5, 0.6) is 5.75 Å². The summed E-state index contributed by atoms with van der Waals surface area (Å²) in [6.07, 6.45) is 1.25. The van der Waals surface area contributed by atoms with E-state index in [1.54, 1.807) is 0 Å². The van der Waals surface area contributed by atoms with Gasteiger partial charge in [0.2, 0.25) is 0 Å². The van der Waals surface area contributed by atoms with E-state index in [1.807, 2.05) is 0 Å². The third-order valence-corrected chi connectivity index (χ3v) is 6.03. The second-order valence-corrected chi connectivity index (χ2v) is 7.71. The predicted molar refractivity (Wildman–Crippen MR) is 90.1 cm³/mol. The van der Waals surface area contributed by atoms with Gasteiger partial charge in [-0.2, -0.15) is 8.78 Å². The molecule has 1 aromatic carbocycles. The van der Waals surface area contributed by atoms with Crippen LogP contribution in [-0.2, 0) is 4.74 Å². The van der Waals surface area contributed by atoms with Gasteiger partial charge in [-0.1, -0.05) is 26.2 Å². The molecule has 0 amide bonds. The summed E-state index contributed by atoms with van der Waals surface area (Å²) < 4.78 is 77.9. The molecule has 0 aromatic heterocycles. The Bertz CT molecular complexity index is 612. The fraction of sp³-hybridized carbons (Fsp3) is 0.700. The monoisotopic (exact) mass is 392 g/mol. The minimum atomic E-state index is -3.75. The molecule has 2 atom stereocenters. The highest BCUT2D eigenvalue weighted by molar-refractivity contribution is 5.25. The molecule has 7 heteroatoms. The van der Waals surface area contributed by atoms with Crippen LogP contribution in [0, 0.1) is 35.2 Å². The molecule has 152 valence electrons. The van der Waals surface area contributed by atoms with Gasteiger partial charge in [0, 0.05) is 12.1 Å². The van der Waals surface area contributed by atoms with Crippen LogP contribution < -0.4 is 4.74 Å². The van der Waals surface area contributed by atoms with E-state index in [0.29, 0.717) is 24.5 Å². The van der Waals surface area contributed by atoms with Crippen molar-refractivity contribution < 1.29 is 31.4 Å². The topological polar surface area (TPSA) is 18.5 Å². The van der Waals surface area contributed by atoms with E-state index in [9.17, 15) is 22.0 Å². The highest BCUT2D eigenvalue weighted by Gasteiger charge is 2.46. The lowest BCUT2D eigenvalue weighted by Gasteiger charge is -2.39. The minimum absolute atomic E-state index is 0.109. The van der Waals surface area contributed by atoms with E-state index < -0.39 is 35.4 Å². The molecule has 1 aliphatic carbocycles. The average Bonchev–Trinajstić information content (AvgIpc) is 2.66. The fourth-order valence-electron chi connectivity index (χ4n) is 4.29. The average molecular weight is 392 g/mol. The maximum atomic E-state index is 14.3. The van der Waals surface area contributed by atoms with Crippen molar-refractivity contribution in [3.05, 3.63) is 29.6 Å². The number of ether oxygens (including phenoxy) is 2. The molecule has 0 spiro atoms. The summed E-state index contributed by atoms with van der Waals surface area (Å²) >= 11 is 0. The molecule has 0 radical (unpaired) electrons. The zero-order valence-electron chi connectivity index (χ0n) is 15.3. The Balaban J connectivity index is 1.55. The fourth-order valence-corrected chi connectivity index (χ4v) is 4.29. The van der Waals surface area contributed by atoms with E-state index in [4.69, 9.17) is 4.74 Å². The Kier molecular flexibility index (Phi) is 6.28. The Morgan fingerprint density at radius 2 is 1.56 bits per heavy atom. The molecule has 0 bridgehead atoms. The zero-order valence-corrected chi connectivity index (χ0v) is 15.3. The van der Waals surface area contributed by atoms with Crippen LogP contribution in [0.25, 0.3) is 0 Å². The van der Waals surface area contributed by atoms with Gasteiger partial charge in [-0.05, 0) is 43.4 Å². The van der Waals surface area contributed by atoms with Crippen molar-refractivity contribution in [1.29, 1.82) is 0 Å². The van der Waals surface area contributed by atoms with Gasteiger partial charge in [-0.25, -0.2) is 13.2 Å². The highest BCUT2D eigenvalue weighted by Crippen LogP contribution is 2.41. The predicted octanol–water partition coefficient (Wildman–Crippen LogP) is 6.09. The number of hydrogen-bond acceptors (Lipinski definition) is 2. The van der Waals surface area contributed by atoms with Crippen molar-refractivity contribution >= 4 is 0 Å². The van der Waals surface area contributed by atoms with Gasteiger partial charge in [0.05, 0.1) is 6.61 Å². The summed E-state index contributed by atoms with van der Waals surface area (Å²) in [6.45, 7) is 2.43. The number of benzene rings is 1. The number of alkyl halides is 2. The van der Waals surface area contributed by atoms with Crippen molar-refractivity contribution in [2.75, 3.05) is 6.61 Å². The van der Waals surface area contributed by atoms with Crippen LogP contribution in [0.4, 0.5) is 22.0 Å². The third-order valence-electron chi connectivity index (χ3n) is 6.03. The van der Waals surface area contributed by atoms with Gasteiger partial charge in [0.1, 0.15) is 5.75 Å². The van der Waals surface area contributed by atoms with E-state index in [2.05, 4.69) is 11.7 Å². The van der Waals surface area contributed by atoms with Gasteiger partial charge in [-0.15, -0.1) is 0 Å². The molecule has 1 heterocycles. The van der Waals surface area contributed by atoms with Crippen LogP contribution >= 0.6 is 0 Å². The molecular formula is C20H25F5O2. The summed E-state index contributed by atoms with van der Waals surface area (Å²) in [4.78, 5) is 0. The number of rotatable bonds is 5. The SMILES string of the molecule is CCC1CCC(C2CCC(C(F)(F)Oc3cc(F)c(F)c(F)c3)OC2)CC1. The van der Waals surface area contributed by atoms with Gasteiger partial charge in [0.15, 0.2) is 23.6 Å². The van der Waals surface area contributed by atoms with Crippen molar-refractivity contribution in [2.45, 2.75) is 64.1 Å². The first-order valence-corrected chi connectivity index (χ1v) is 9.63. The summed E-state index contributed by atoms with van der Waals surface area (Å²) in [7, 11) is 0. The van der Waals surface area contributed by atoms with Crippen LogP contribution in [0.15, 0.2) is 12.1 Å². The second kappa shape index (κ2) is 8.33. The maximum absolute atomic E-state index is 14.3. The van der Waals surface area contributed by atoms with Crippen LogP contribution in [-0.4, -0.2) is 18.8 Å². The van der Waals surface area contributed by atoms with Crippen LogP contribution in [0.1, 0.15) is 51.9 Å². The van der Waals surface area contributed by atoms with Crippen LogP contribution in [0.3, 0.4) is 0 Å². The Morgan fingerprint density at radius 3 is 2.07 bits per heavy atom. The van der Waals surface area contributed by atoms with Crippen molar-refractivity contribution in [3.8, 4) is 5.75 Å². The minimum Gasteiger partial charge on any atom is -0.430 e. The van der Waals surface area contributed by atoms with Crippen LogP contribution in [0.2, 0.25) is 0 Å². The third kappa shape index (κ3) is 4.73. The van der Waals surface area contributed by atoms with E-state index in [-0.39, 0.29) is 18.9 Å². The largest absolute Gasteiger partial charge is 0.430 e. The molecule has 1 saturated carbocycles. The van der Waals surface area contributed by atoms with Crippen molar-refractivity contribution in [2.24, 2.45) is 17.8 Å². The molecule has 0 N–H and O–H groups in total. The molecular weight excluding hydrogens is 367 g/mol. The normalized spacial score (nSPS) is 29.6. The van der Waals surface area contributed by atoms with Gasteiger partial charge in [-0.3, -0.25) is 0 Å². The van der Waals surface area contributed by atoms with E-state index in [1.165, 1.54) is 19.3 Å². The Hall–Kier alpha value is -1.37. The zero-order chi connectivity index (χ0) is 19.6. The van der Waals surface area contributed by atoms with Crippen molar-refractivity contribution in [3.63, 3.8) is 0 Å². The smallest absolute Gasteiger partial charge is 0.424 e. The summed E-state index contributed by atoms with van der Waals surface area (Å²) in [5, 5.41) is 0. The summed E-state index contributed by atoms with van der Waals surface area (Å²) in [6, 6.07) is 0.814. The first-order chi connectivity index (χ1) is 12.8. The molecule has 2 fully saturated rings. The Labute approximate surface area is 156 Å². The number of halogens is 5. The lowest BCUT2D eigenvalue weighted by atomic mass is 9.73. The van der Waals surface area contributed by atoms with E-state index >= 15 is 0 Å². The maximum Gasteiger partial charge on any atom is 0.424 e. The quantitative estimate of drug-likeness (QED) is 0.446. The lowest BCUT2D eigenvalue weighted by Crippen LogP contribution is -2.45. The van der Waals surface area contributed by atoms with Gasteiger partial charge < -0.3 is 9.47 Å². The first kappa shape index (κ1) is 20.4. The Morgan fingerprint density at radius 1 is 0.963 bits per heavy atom.